The molecule has 0 saturated heterocycles. The van der Waals surface area contributed by atoms with Crippen LogP contribution in [0, 0.1) is 0 Å². The van der Waals surface area contributed by atoms with Crippen LogP contribution >= 0.6 is 23.1 Å². The number of aryl methyl sites for hydroxylation is 2. The van der Waals surface area contributed by atoms with Crippen molar-refractivity contribution in [2.75, 3.05) is 11.1 Å². The SMILES string of the molecule is CC(C)c1ccc(NC(=O)CSc2nc3sc4c(c3c(=O)[nH]2)CCCC4)cc1. The highest BCUT2D eigenvalue weighted by molar-refractivity contribution is 7.99. The molecule has 0 atom stereocenters. The van der Waals surface area contributed by atoms with Gasteiger partial charge in [-0.3, -0.25) is 9.59 Å². The summed E-state index contributed by atoms with van der Waals surface area (Å²) in [7, 11) is 0. The number of thioether (sulfide) groups is 1. The molecular weight excluding hydrogens is 390 g/mol. The Labute approximate surface area is 172 Å². The molecule has 1 aromatic carbocycles. The van der Waals surface area contributed by atoms with Crippen molar-refractivity contribution in [2.45, 2.75) is 50.6 Å². The zero-order valence-electron chi connectivity index (χ0n) is 16.0. The fourth-order valence-corrected chi connectivity index (χ4v) is 5.48. The molecule has 28 heavy (non-hydrogen) atoms. The van der Waals surface area contributed by atoms with Crippen LogP contribution in [0.4, 0.5) is 5.69 Å². The maximum atomic E-state index is 12.6. The predicted octanol–water partition coefficient (Wildman–Crippen LogP) is 4.72. The maximum Gasteiger partial charge on any atom is 0.260 e. The third-order valence-electron chi connectivity index (χ3n) is 5.00. The molecule has 7 heteroatoms. The second kappa shape index (κ2) is 8.09. The Morgan fingerprint density at radius 1 is 1.25 bits per heavy atom. The monoisotopic (exact) mass is 413 g/mol. The van der Waals surface area contributed by atoms with Gasteiger partial charge in [0.05, 0.1) is 11.1 Å². The van der Waals surface area contributed by atoms with Gasteiger partial charge in [-0.25, -0.2) is 4.98 Å². The minimum absolute atomic E-state index is 0.0865. The van der Waals surface area contributed by atoms with Crippen molar-refractivity contribution in [3.63, 3.8) is 0 Å². The third kappa shape index (κ3) is 4.00. The third-order valence-corrected chi connectivity index (χ3v) is 7.06. The van der Waals surface area contributed by atoms with Crippen LogP contribution in [-0.2, 0) is 17.6 Å². The minimum Gasteiger partial charge on any atom is -0.325 e. The van der Waals surface area contributed by atoms with Gasteiger partial charge in [0.15, 0.2) is 5.16 Å². The zero-order chi connectivity index (χ0) is 19.7. The number of aromatic amines is 1. The predicted molar refractivity (Wildman–Crippen MR) is 117 cm³/mol. The first kappa shape index (κ1) is 19.2. The number of fused-ring (bicyclic) bond motifs is 3. The first-order chi connectivity index (χ1) is 13.5. The van der Waals surface area contributed by atoms with E-state index in [0.29, 0.717) is 11.1 Å². The summed E-state index contributed by atoms with van der Waals surface area (Å²) in [5, 5.41) is 4.14. The van der Waals surface area contributed by atoms with Crippen LogP contribution in [0.25, 0.3) is 10.2 Å². The Hall–Kier alpha value is -2.12. The van der Waals surface area contributed by atoms with Gasteiger partial charge in [0, 0.05) is 10.6 Å². The smallest absolute Gasteiger partial charge is 0.260 e. The summed E-state index contributed by atoms with van der Waals surface area (Å²) in [5.74, 6) is 0.544. The van der Waals surface area contributed by atoms with E-state index in [1.165, 1.54) is 34.2 Å². The molecular formula is C21H23N3O2S2. The molecule has 0 saturated carbocycles. The number of aromatic nitrogens is 2. The summed E-state index contributed by atoms with van der Waals surface area (Å²) in [4.78, 5) is 34.4. The van der Waals surface area contributed by atoms with Crippen LogP contribution in [0.1, 0.15) is 48.6 Å². The number of hydrogen-bond acceptors (Lipinski definition) is 5. The summed E-state index contributed by atoms with van der Waals surface area (Å²) in [6.07, 6.45) is 4.31. The van der Waals surface area contributed by atoms with Gasteiger partial charge >= 0.3 is 0 Å². The minimum atomic E-state index is -0.115. The molecule has 4 rings (SSSR count). The number of rotatable bonds is 5. The van der Waals surface area contributed by atoms with Crippen LogP contribution in [0.2, 0.25) is 0 Å². The highest BCUT2D eigenvalue weighted by Gasteiger charge is 2.20. The summed E-state index contributed by atoms with van der Waals surface area (Å²) in [6, 6.07) is 7.89. The average molecular weight is 414 g/mol. The van der Waals surface area contributed by atoms with Gasteiger partial charge < -0.3 is 10.3 Å². The van der Waals surface area contributed by atoms with Crippen molar-refractivity contribution < 1.29 is 4.79 Å². The lowest BCUT2D eigenvalue weighted by molar-refractivity contribution is -0.113. The van der Waals surface area contributed by atoms with E-state index in [0.717, 1.165) is 35.2 Å². The molecule has 1 aliphatic rings. The molecule has 5 nitrogen and oxygen atoms in total. The molecule has 2 aromatic heterocycles. The van der Waals surface area contributed by atoms with Crippen molar-refractivity contribution in [3.05, 3.63) is 50.6 Å². The molecule has 1 aliphatic carbocycles. The number of benzene rings is 1. The van der Waals surface area contributed by atoms with Gasteiger partial charge in [0.1, 0.15) is 4.83 Å². The lowest BCUT2D eigenvalue weighted by atomic mass is 9.97. The number of amides is 1. The molecule has 2 heterocycles. The topological polar surface area (TPSA) is 74.8 Å². The second-order valence-corrected chi connectivity index (χ2v) is 9.42. The van der Waals surface area contributed by atoms with Crippen molar-refractivity contribution >= 4 is 44.9 Å². The molecule has 0 aliphatic heterocycles. The van der Waals surface area contributed by atoms with Gasteiger partial charge in [-0.2, -0.15) is 0 Å². The summed E-state index contributed by atoms with van der Waals surface area (Å²) in [5.41, 5.74) is 3.11. The lowest BCUT2D eigenvalue weighted by Crippen LogP contribution is -2.15. The molecule has 0 spiro atoms. The Kier molecular flexibility index (Phi) is 5.55. The number of thiophene rings is 1. The molecule has 1 amide bonds. The molecule has 0 unspecified atom stereocenters. The van der Waals surface area contributed by atoms with Gasteiger partial charge in [-0.1, -0.05) is 37.7 Å². The summed E-state index contributed by atoms with van der Waals surface area (Å²) in [6.45, 7) is 4.28. The van der Waals surface area contributed by atoms with E-state index in [-0.39, 0.29) is 17.2 Å². The number of H-pyrrole nitrogens is 1. The maximum absolute atomic E-state index is 12.6. The number of carbonyl (C=O) groups excluding carboxylic acids is 1. The van der Waals surface area contributed by atoms with Crippen molar-refractivity contribution in [1.29, 1.82) is 0 Å². The van der Waals surface area contributed by atoms with Crippen molar-refractivity contribution in [1.82, 2.24) is 9.97 Å². The lowest BCUT2D eigenvalue weighted by Gasteiger charge is -2.09. The Bertz CT molecular complexity index is 1070. The first-order valence-corrected chi connectivity index (χ1v) is 11.4. The number of anilines is 1. The van der Waals surface area contributed by atoms with Gasteiger partial charge in [0.25, 0.3) is 5.56 Å². The Morgan fingerprint density at radius 3 is 2.75 bits per heavy atom. The molecule has 0 fully saturated rings. The van der Waals surface area contributed by atoms with E-state index in [9.17, 15) is 9.59 Å². The first-order valence-electron chi connectivity index (χ1n) is 9.58. The number of nitrogens with one attached hydrogen (secondary N) is 2. The summed E-state index contributed by atoms with van der Waals surface area (Å²) >= 11 is 2.88. The van der Waals surface area contributed by atoms with Crippen LogP contribution < -0.4 is 10.9 Å². The van der Waals surface area contributed by atoms with Crippen LogP contribution in [0.3, 0.4) is 0 Å². The van der Waals surface area contributed by atoms with E-state index < -0.39 is 0 Å². The number of hydrogen-bond donors (Lipinski definition) is 2. The van der Waals surface area contributed by atoms with E-state index in [4.69, 9.17) is 0 Å². The van der Waals surface area contributed by atoms with E-state index in [1.54, 1.807) is 11.3 Å². The largest absolute Gasteiger partial charge is 0.325 e. The van der Waals surface area contributed by atoms with Crippen LogP contribution in [0.15, 0.2) is 34.2 Å². The van der Waals surface area contributed by atoms with Crippen LogP contribution in [0.5, 0.6) is 0 Å². The van der Waals surface area contributed by atoms with Gasteiger partial charge in [-0.05, 0) is 54.9 Å². The van der Waals surface area contributed by atoms with E-state index in [1.807, 2.05) is 24.3 Å². The van der Waals surface area contributed by atoms with E-state index in [2.05, 4.69) is 29.1 Å². The van der Waals surface area contributed by atoms with Crippen molar-refractivity contribution in [2.24, 2.45) is 0 Å². The fraction of sp³-hybridized carbons (Fsp3) is 0.381. The van der Waals surface area contributed by atoms with Crippen LogP contribution in [-0.4, -0.2) is 21.6 Å². The van der Waals surface area contributed by atoms with E-state index >= 15 is 0 Å². The van der Waals surface area contributed by atoms with Gasteiger partial charge in [-0.15, -0.1) is 11.3 Å². The highest BCUT2D eigenvalue weighted by Crippen LogP contribution is 2.34. The second-order valence-electron chi connectivity index (χ2n) is 7.38. The molecule has 2 N–H and O–H groups in total. The molecule has 0 bridgehead atoms. The average Bonchev–Trinajstić information content (AvgIpc) is 3.05. The normalized spacial score (nSPS) is 13.7. The molecule has 3 aromatic rings. The number of carbonyl (C=O) groups is 1. The summed E-state index contributed by atoms with van der Waals surface area (Å²) < 4.78 is 0. The van der Waals surface area contributed by atoms with Crippen molar-refractivity contribution in [3.8, 4) is 0 Å². The number of nitrogens with zero attached hydrogens (tertiary/aromatic N) is 1. The fourth-order valence-electron chi connectivity index (χ4n) is 3.49. The zero-order valence-corrected chi connectivity index (χ0v) is 17.6. The Morgan fingerprint density at radius 2 is 2.00 bits per heavy atom. The Balaban J connectivity index is 1.43. The van der Waals surface area contributed by atoms with Gasteiger partial charge in [0.2, 0.25) is 5.91 Å². The molecule has 0 radical (unpaired) electrons. The standard InChI is InChI=1S/C21H23N3O2S2/c1-12(2)13-7-9-14(10-8-13)22-17(25)11-27-21-23-19(26)18-15-5-3-4-6-16(15)28-20(18)24-21/h7-10,12H,3-6,11H2,1-2H3,(H,22,25)(H,23,24,26). The quantitative estimate of drug-likeness (QED) is 0.469. The highest BCUT2D eigenvalue weighted by atomic mass is 32.2. The molecule has 146 valence electrons.